The average Bonchev–Trinajstić information content (AvgIpc) is 2.93. The molecule has 0 amide bonds. The highest BCUT2D eigenvalue weighted by Gasteiger charge is 2.58. The number of hydrogen-bond acceptors (Lipinski definition) is 4. The van der Waals surface area contributed by atoms with E-state index in [0.717, 1.165) is 0 Å². The molecule has 1 fully saturated rings. The van der Waals surface area contributed by atoms with Crippen LogP contribution in [-0.2, 0) is 10.3 Å². The largest absolute Gasteiger partial charge is 0.496 e. The Bertz CT molecular complexity index is 995. The van der Waals surface area contributed by atoms with E-state index in [-0.39, 0.29) is 16.0 Å². The van der Waals surface area contributed by atoms with Gasteiger partial charge in [-0.1, -0.05) is 50.0 Å². The predicted octanol–water partition coefficient (Wildman–Crippen LogP) is 4.94. The molecule has 4 N–H and O–H groups in total. The van der Waals surface area contributed by atoms with Gasteiger partial charge in [-0.05, 0) is 42.2 Å². The van der Waals surface area contributed by atoms with Gasteiger partial charge in [-0.3, -0.25) is 10.1 Å². The molecular formula is C23H27Cl2FN2O3. The van der Waals surface area contributed by atoms with E-state index in [1.165, 1.54) is 19.2 Å². The minimum atomic E-state index is -1.41. The normalized spacial score (nSPS) is 26.1. The van der Waals surface area contributed by atoms with Crippen LogP contribution >= 0.6 is 23.2 Å². The highest BCUT2D eigenvalue weighted by Crippen LogP contribution is 2.51. The van der Waals surface area contributed by atoms with Crippen molar-refractivity contribution in [3.8, 4) is 5.75 Å². The van der Waals surface area contributed by atoms with Crippen LogP contribution in [0, 0.1) is 11.2 Å². The first-order valence-corrected chi connectivity index (χ1v) is 10.7. The zero-order valence-electron chi connectivity index (χ0n) is 17.9. The van der Waals surface area contributed by atoms with Gasteiger partial charge in [0, 0.05) is 33.1 Å². The molecule has 2 aromatic rings. The molecule has 3 rings (SSSR count). The Morgan fingerprint density at radius 2 is 1.84 bits per heavy atom. The molecule has 2 aromatic carbocycles. The summed E-state index contributed by atoms with van der Waals surface area (Å²) in [6, 6.07) is 7.60. The Morgan fingerprint density at radius 3 is 2.39 bits per heavy atom. The third-order valence-corrected chi connectivity index (χ3v) is 6.28. The van der Waals surface area contributed by atoms with Crippen LogP contribution in [0.4, 0.5) is 4.39 Å². The fourth-order valence-electron chi connectivity index (χ4n) is 4.58. The van der Waals surface area contributed by atoms with Gasteiger partial charge in [0.25, 0.3) is 0 Å². The number of carboxylic acids is 1. The summed E-state index contributed by atoms with van der Waals surface area (Å²) < 4.78 is 20.7. The molecule has 8 heteroatoms. The maximum Gasteiger partial charge on any atom is 0.321 e. The second-order valence-electron chi connectivity index (χ2n) is 9.22. The quantitative estimate of drug-likeness (QED) is 0.578. The average molecular weight is 469 g/mol. The second kappa shape index (κ2) is 8.58. The van der Waals surface area contributed by atoms with Crippen molar-refractivity contribution < 1.29 is 19.0 Å². The summed E-state index contributed by atoms with van der Waals surface area (Å²) in [5.41, 5.74) is 6.12. The summed E-state index contributed by atoms with van der Waals surface area (Å²) in [4.78, 5) is 12.3. The number of benzene rings is 2. The first-order chi connectivity index (χ1) is 14.4. The third kappa shape index (κ3) is 4.53. The van der Waals surface area contributed by atoms with Crippen LogP contribution in [0.1, 0.15) is 44.2 Å². The highest BCUT2D eigenvalue weighted by molar-refractivity contribution is 6.31. The maximum absolute atomic E-state index is 15.2. The Hall–Kier alpha value is -1.86. The molecule has 4 atom stereocenters. The number of hydrogen-bond donors (Lipinski definition) is 3. The minimum Gasteiger partial charge on any atom is -0.496 e. The molecule has 0 bridgehead atoms. The summed E-state index contributed by atoms with van der Waals surface area (Å²) in [5.74, 6) is -2.11. The van der Waals surface area contributed by atoms with Gasteiger partial charge in [-0.25, -0.2) is 4.39 Å². The zero-order chi connectivity index (χ0) is 23.1. The van der Waals surface area contributed by atoms with Crippen molar-refractivity contribution in [3.05, 3.63) is 63.4 Å². The van der Waals surface area contributed by atoms with Crippen LogP contribution in [0.25, 0.3) is 0 Å². The van der Waals surface area contributed by atoms with E-state index in [2.05, 4.69) is 5.32 Å². The Balaban J connectivity index is 2.32. The highest BCUT2D eigenvalue weighted by atomic mass is 35.5. The van der Waals surface area contributed by atoms with Gasteiger partial charge < -0.3 is 15.6 Å². The smallest absolute Gasteiger partial charge is 0.321 e. The van der Waals surface area contributed by atoms with Crippen LogP contribution < -0.4 is 15.8 Å². The number of nitrogens with two attached hydrogens (primary N) is 1. The molecule has 0 saturated carbocycles. The summed E-state index contributed by atoms with van der Waals surface area (Å²) in [5, 5.41) is 13.9. The summed E-state index contributed by atoms with van der Waals surface area (Å²) in [6.07, 6.45) is 0.509. The van der Waals surface area contributed by atoms with E-state index in [9.17, 15) is 9.90 Å². The van der Waals surface area contributed by atoms with Crippen LogP contribution in [0.3, 0.4) is 0 Å². The first-order valence-electron chi connectivity index (χ1n) is 9.95. The molecule has 4 unspecified atom stereocenters. The third-order valence-electron chi connectivity index (χ3n) is 5.81. The van der Waals surface area contributed by atoms with Gasteiger partial charge in [-0.2, -0.15) is 0 Å². The SMILES string of the molecule is COc1ccc(Cl)cc1C1C(C(=O)O)NC(CC(C)(C)C)C1(N)c1ccc(Cl)cc1F. The summed E-state index contributed by atoms with van der Waals surface area (Å²) in [7, 11) is 1.48. The Labute approximate surface area is 191 Å². The number of methoxy groups -OCH3 is 1. The molecule has 1 aliphatic heterocycles. The Kier molecular flexibility index (Phi) is 6.59. The van der Waals surface area contributed by atoms with Gasteiger partial charge in [0.05, 0.1) is 12.6 Å². The molecule has 0 aliphatic carbocycles. The van der Waals surface area contributed by atoms with Crippen molar-refractivity contribution in [2.24, 2.45) is 11.1 Å². The van der Waals surface area contributed by atoms with Crippen molar-refractivity contribution >= 4 is 29.2 Å². The number of aliphatic carboxylic acids is 1. The molecular weight excluding hydrogens is 442 g/mol. The van der Waals surface area contributed by atoms with Crippen LogP contribution in [0.2, 0.25) is 10.0 Å². The Morgan fingerprint density at radius 1 is 1.23 bits per heavy atom. The number of nitrogens with one attached hydrogen (secondary N) is 1. The maximum atomic E-state index is 15.2. The monoisotopic (exact) mass is 468 g/mol. The van der Waals surface area contributed by atoms with E-state index in [1.807, 2.05) is 20.8 Å². The second-order valence-corrected chi connectivity index (χ2v) is 10.1. The van der Waals surface area contributed by atoms with Gasteiger partial charge >= 0.3 is 5.97 Å². The van der Waals surface area contributed by atoms with E-state index in [0.29, 0.717) is 22.8 Å². The van der Waals surface area contributed by atoms with Gasteiger partial charge in [-0.15, -0.1) is 0 Å². The van der Waals surface area contributed by atoms with E-state index in [4.69, 9.17) is 33.7 Å². The van der Waals surface area contributed by atoms with Crippen molar-refractivity contribution in [2.75, 3.05) is 7.11 Å². The molecule has 0 radical (unpaired) electrons. The summed E-state index contributed by atoms with van der Waals surface area (Å²) in [6.45, 7) is 6.07. The van der Waals surface area contributed by atoms with Gasteiger partial charge in [0.15, 0.2) is 0 Å². The molecule has 1 aliphatic rings. The lowest BCUT2D eigenvalue weighted by molar-refractivity contribution is -0.139. The lowest BCUT2D eigenvalue weighted by Gasteiger charge is -2.40. The lowest BCUT2D eigenvalue weighted by Crippen LogP contribution is -2.52. The minimum absolute atomic E-state index is 0.189. The molecule has 1 heterocycles. The van der Waals surface area contributed by atoms with Crippen molar-refractivity contribution in [1.29, 1.82) is 0 Å². The van der Waals surface area contributed by atoms with Crippen molar-refractivity contribution in [1.82, 2.24) is 5.32 Å². The fourth-order valence-corrected chi connectivity index (χ4v) is 4.92. The van der Waals surface area contributed by atoms with Crippen LogP contribution in [0.15, 0.2) is 36.4 Å². The van der Waals surface area contributed by atoms with E-state index >= 15 is 4.39 Å². The van der Waals surface area contributed by atoms with Crippen molar-refractivity contribution in [2.45, 2.75) is 50.7 Å². The van der Waals surface area contributed by atoms with E-state index < -0.39 is 35.3 Å². The molecule has 31 heavy (non-hydrogen) atoms. The van der Waals surface area contributed by atoms with Crippen molar-refractivity contribution in [3.63, 3.8) is 0 Å². The predicted molar refractivity (Wildman–Crippen MR) is 120 cm³/mol. The molecule has 0 spiro atoms. The first kappa shape index (κ1) is 23.8. The lowest BCUT2D eigenvalue weighted by atomic mass is 9.68. The number of halogens is 3. The standard InChI is InChI=1S/C23H27Cl2FN2O3/c1-22(2,3)11-18-23(27,15-7-5-13(25)10-16(15)26)19(20(28-18)21(29)30)14-9-12(24)6-8-17(14)31-4/h5-10,18-20,28H,11,27H2,1-4H3,(H,29,30). The van der Waals surface area contributed by atoms with Gasteiger partial charge in [0.1, 0.15) is 17.6 Å². The molecule has 5 nitrogen and oxygen atoms in total. The van der Waals surface area contributed by atoms with Crippen LogP contribution in [-0.4, -0.2) is 30.3 Å². The molecule has 1 saturated heterocycles. The van der Waals surface area contributed by atoms with E-state index in [1.54, 1.807) is 24.3 Å². The number of carboxylic acid groups (broad SMARTS) is 1. The molecule has 168 valence electrons. The summed E-state index contributed by atoms with van der Waals surface area (Å²) >= 11 is 12.2. The molecule has 0 aromatic heterocycles. The topological polar surface area (TPSA) is 84.6 Å². The van der Waals surface area contributed by atoms with Crippen LogP contribution in [0.5, 0.6) is 5.75 Å². The van der Waals surface area contributed by atoms with Gasteiger partial charge in [0.2, 0.25) is 0 Å². The zero-order valence-corrected chi connectivity index (χ0v) is 19.4. The number of ether oxygens (including phenoxy) is 1. The fraction of sp³-hybridized carbons (Fsp3) is 0.435. The number of carbonyl (C=O) groups is 1. The number of rotatable bonds is 5.